The van der Waals surface area contributed by atoms with Crippen LogP contribution < -0.4 is 11.1 Å². The van der Waals surface area contributed by atoms with Crippen molar-refractivity contribution in [2.45, 2.75) is 25.4 Å². The van der Waals surface area contributed by atoms with E-state index in [0.717, 1.165) is 30.5 Å². The summed E-state index contributed by atoms with van der Waals surface area (Å²) in [5, 5.41) is 15.4. The van der Waals surface area contributed by atoms with Crippen LogP contribution in [0, 0.1) is 0 Å². The number of hydrogen-bond donors (Lipinski definition) is 3. The fourth-order valence-electron chi connectivity index (χ4n) is 2.91. The highest BCUT2D eigenvalue weighted by molar-refractivity contribution is 5.97. The largest absolute Gasteiger partial charge is 0.409 e. The molecule has 0 aliphatic heterocycles. The molecule has 2 aromatic rings. The summed E-state index contributed by atoms with van der Waals surface area (Å²) in [4.78, 5) is 0. The van der Waals surface area contributed by atoms with Crippen LogP contribution in [-0.4, -0.2) is 11.0 Å². The van der Waals surface area contributed by atoms with Gasteiger partial charge in [-0.15, -0.1) is 0 Å². The maximum absolute atomic E-state index is 8.74. The van der Waals surface area contributed by atoms with Crippen LogP contribution in [0.25, 0.3) is 0 Å². The van der Waals surface area contributed by atoms with Crippen molar-refractivity contribution in [1.29, 1.82) is 0 Å². The number of oxime groups is 1. The van der Waals surface area contributed by atoms with Gasteiger partial charge in [-0.2, -0.15) is 0 Å². The summed E-state index contributed by atoms with van der Waals surface area (Å²) in [5.74, 6) is 0.142. The minimum atomic E-state index is 0.142. The Hall–Kier alpha value is -2.33. The predicted molar refractivity (Wildman–Crippen MR) is 83.3 cm³/mol. The lowest BCUT2D eigenvalue weighted by molar-refractivity contribution is 0.318. The van der Waals surface area contributed by atoms with Crippen molar-refractivity contribution in [3.8, 4) is 0 Å². The van der Waals surface area contributed by atoms with Gasteiger partial charge < -0.3 is 16.3 Å². The van der Waals surface area contributed by atoms with Gasteiger partial charge in [-0.3, -0.25) is 0 Å². The third-order valence-electron chi connectivity index (χ3n) is 4.02. The Labute approximate surface area is 124 Å². The smallest absolute Gasteiger partial charge is 0.170 e. The molecule has 4 nitrogen and oxygen atoms in total. The number of nitrogens with zero attached hydrogens (tertiary/aromatic N) is 1. The molecule has 0 radical (unpaired) electrons. The van der Waals surface area contributed by atoms with Crippen LogP contribution in [0.2, 0.25) is 0 Å². The maximum Gasteiger partial charge on any atom is 0.170 e. The normalized spacial score (nSPS) is 17.7. The highest BCUT2D eigenvalue weighted by Crippen LogP contribution is 2.30. The Kier molecular flexibility index (Phi) is 3.88. The molecule has 1 aliphatic rings. The van der Waals surface area contributed by atoms with E-state index in [1.54, 1.807) is 0 Å². The van der Waals surface area contributed by atoms with Crippen molar-refractivity contribution >= 4 is 5.84 Å². The quantitative estimate of drug-likeness (QED) is 0.349. The van der Waals surface area contributed by atoms with Crippen LogP contribution in [0.4, 0.5) is 0 Å². The molecule has 2 aromatic carbocycles. The summed E-state index contributed by atoms with van der Waals surface area (Å²) in [6.07, 6.45) is 2.28. The number of rotatable bonds is 4. The molecule has 0 saturated heterocycles. The van der Waals surface area contributed by atoms with Crippen molar-refractivity contribution in [3.05, 3.63) is 70.8 Å². The Bertz CT molecular complexity index is 667. The highest BCUT2D eigenvalue weighted by Gasteiger charge is 2.20. The average Bonchev–Trinajstić information content (AvgIpc) is 2.95. The predicted octanol–water partition coefficient (Wildman–Crippen LogP) is 2.56. The van der Waals surface area contributed by atoms with Crippen LogP contribution >= 0.6 is 0 Å². The molecule has 0 fully saturated rings. The molecule has 21 heavy (non-hydrogen) atoms. The number of fused-ring (bicyclic) bond motifs is 1. The molecule has 1 unspecified atom stereocenters. The van der Waals surface area contributed by atoms with Crippen molar-refractivity contribution < 1.29 is 5.21 Å². The first-order chi connectivity index (χ1) is 10.3. The molecule has 0 aromatic heterocycles. The summed E-state index contributed by atoms with van der Waals surface area (Å²) in [6, 6.07) is 16.8. The van der Waals surface area contributed by atoms with Gasteiger partial charge in [0, 0.05) is 18.2 Å². The van der Waals surface area contributed by atoms with Gasteiger partial charge in [-0.1, -0.05) is 47.6 Å². The minimum Gasteiger partial charge on any atom is -0.409 e. The standard InChI is InChI=1S/C17H19N3O/c18-17(20-21)14-6-3-4-12(10-14)11-19-16-9-8-13-5-1-2-7-15(13)16/h1-7,10,16,19,21H,8-9,11H2,(H2,18,20). The first-order valence-corrected chi connectivity index (χ1v) is 7.16. The van der Waals surface area contributed by atoms with Crippen molar-refractivity contribution in [3.63, 3.8) is 0 Å². The van der Waals surface area contributed by atoms with Gasteiger partial charge >= 0.3 is 0 Å². The number of amidine groups is 1. The van der Waals surface area contributed by atoms with E-state index < -0.39 is 0 Å². The zero-order chi connectivity index (χ0) is 14.7. The number of aryl methyl sites for hydroxylation is 1. The minimum absolute atomic E-state index is 0.142. The zero-order valence-corrected chi connectivity index (χ0v) is 11.8. The lowest BCUT2D eigenvalue weighted by Crippen LogP contribution is -2.19. The highest BCUT2D eigenvalue weighted by atomic mass is 16.4. The van der Waals surface area contributed by atoms with E-state index in [2.05, 4.69) is 34.7 Å². The molecule has 3 rings (SSSR count). The number of benzene rings is 2. The third kappa shape index (κ3) is 2.90. The molecule has 0 saturated carbocycles. The molecule has 0 bridgehead atoms. The molecule has 1 atom stereocenters. The Morgan fingerprint density at radius 1 is 1.24 bits per heavy atom. The summed E-state index contributed by atoms with van der Waals surface area (Å²) in [5.41, 5.74) is 10.3. The average molecular weight is 281 g/mol. The number of hydrogen-bond acceptors (Lipinski definition) is 3. The van der Waals surface area contributed by atoms with Crippen molar-refractivity contribution in [1.82, 2.24) is 5.32 Å². The Balaban J connectivity index is 1.69. The van der Waals surface area contributed by atoms with E-state index in [4.69, 9.17) is 10.9 Å². The summed E-state index contributed by atoms with van der Waals surface area (Å²) < 4.78 is 0. The van der Waals surface area contributed by atoms with Crippen molar-refractivity contribution in [2.75, 3.05) is 0 Å². The Morgan fingerprint density at radius 3 is 2.95 bits per heavy atom. The molecular formula is C17H19N3O. The van der Waals surface area contributed by atoms with Crippen LogP contribution in [0.1, 0.15) is 34.7 Å². The fraction of sp³-hybridized carbons (Fsp3) is 0.235. The van der Waals surface area contributed by atoms with Crippen LogP contribution in [-0.2, 0) is 13.0 Å². The fourth-order valence-corrected chi connectivity index (χ4v) is 2.91. The van der Waals surface area contributed by atoms with Gasteiger partial charge in [-0.25, -0.2) is 0 Å². The van der Waals surface area contributed by atoms with Gasteiger partial charge in [0.15, 0.2) is 5.84 Å². The topological polar surface area (TPSA) is 70.6 Å². The summed E-state index contributed by atoms with van der Waals surface area (Å²) in [6.45, 7) is 0.769. The summed E-state index contributed by atoms with van der Waals surface area (Å²) in [7, 11) is 0. The van der Waals surface area contributed by atoms with Gasteiger partial charge in [0.2, 0.25) is 0 Å². The first-order valence-electron chi connectivity index (χ1n) is 7.16. The van der Waals surface area contributed by atoms with Gasteiger partial charge in [0.1, 0.15) is 0 Å². The molecule has 1 aliphatic carbocycles. The first kappa shape index (κ1) is 13.6. The van der Waals surface area contributed by atoms with E-state index in [0.29, 0.717) is 6.04 Å². The molecule has 0 heterocycles. The van der Waals surface area contributed by atoms with E-state index in [1.807, 2.05) is 24.3 Å². The number of nitrogens with one attached hydrogen (secondary N) is 1. The Morgan fingerprint density at radius 2 is 2.10 bits per heavy atom. The van der Waals surface area contributed by atoms with Crippen LogP contribution in [0.3, 0.4) is 0 Å². The van der Waals surface area contributed by atoms with E-state index in [9.17, 15) is 0 Å². The van der Waals surface area contributed by atoms with E-state index in [-0.39, 0.29) is 5.84 Å². The monoisotopic (exact) mass is 281 g/mol. The number of nitrogens with two attached hydrogens (primary N) is 1. The van der Waals surface area contributed by atoms with Crippen molar-refractivity contribution in [2.24, 2.45) is 10.9 Å². The van der Waals surface area contributed by atoms with Gasteiger partial charge in [0.05, 0.1) is 0 Å². The second-order valence-corrected chi connectivity index (χ2v) is 5.36. The second kappa shape index (κ2) is 5.97. The van der Waals surface area contributed by atoms with Crippen LogP contribution in [0.5, 0.6) is 0 Å². The zero-order valence-electron chi connectivity index (χ0n) is 11.8. The maximum atomic E-state index is 8.74. The van der Waals surface area contributed by atoms with E-state index in [1.165, 1.54) is 11.1 Å². The SMILES string of the molecule is NC(=NO)c1cccc(CNC2CCc3ccccc32)c1. The molecule has 4 heteroatoms. The lowest BCUT2D eigenvalue weighted by atomic mass is 10.1. The molecule has 4 N–H and O–H groups in total. The molecule has 108 valence electrons. The molecule has 0 spiro atoms. The molecular weight excluding hydrogens is 262 g/mol. The third-order valence-corrected chi connectivity index (χ3v) is 4.02. The van der Waals surface area contributed by atoms with Crippen LogP contribution in [0.15, 0.2) is 53.7 Å². The molecule has 0 amide bonds. The second-order valence-electron chi connectivity index (χ2n) is 5.36. The van der Waals surface area contributed by atoms with Gasteiger partial charge in [-0.05, 0) is 35.6 Å². The lowest BCUT2D eigenvalue weighted by Gasteiger charge is -2.14. The van der Waals surface area contributed by atoms with Gasteiger partial charge in [0.25, 0.3) is 0 Å². The van der Waals surface area contributed by atoms with E-state index >= 15 is 0 Å². The summed E-state index contributed by atoms with van der Waals surface area (Å²) >= 11 is 0.